The minimum absolute atomic E-state index is 0.00592. The zero-order valence-corrected chi connectivity index (χ0v) is 14.8. The molecule has 0 aromatic heterocycles. The maximum Gasteiger partial charge on any atom is 0.215 e. The Morgan fingerprint density at radius 1 is 1.17 bits per heavy atom. The Morgan fingerprint density at radius 2 is 1.96 bits per heavy atom. The molecule has 0 amide bonds. The molecule has 1 heterocycles. The summed E-state index contributed by atoms with van der Waals surface area (Å²) in [5.41, 5.74) is 2.76. The van der Waals surface area contributed by atoms with Crippen molar-refractivity contribution in [2.24, 2.45) is 16.7 Å². The monoisotopic (exact) mass is 331 g/mol. The SMILES string of the molecule is CC1(C)[C@H]2CC[C@@]13CS(=O)(=O)N([C@H]1CCc4ccccc41)[C@H]3C2. The van der Waals surface area contributed by atoms with E-state index in [1.54, 1.807) is 0 Å². The van der Waals surface area contributed by atoms with Crippen LogP contribution in [0.2, 0.25) is 0 Å². The van der Waals surface area contributed by atoms with E-state index < -0.39 is 10.0 Å². The molecule has 4 heteroatoms. The lowest BCUT2D eigenvalue weighted by atomic mass is 9.69. The maximum atomic E-state index is 13.2. The highest BCUT2D eigenvalue weighted by molar-refractivity contribution is 7.89. The Kier molecular flexibility index (Phi) is 2.65. The van der Waals surface area contributed by atoms with Gasteiger partial charge < -0.3 is 0 Å². The third-order valence-corrected chi connectivity index (χ3v) is 9.90. The predicted octanol–water partition coefficient (Wildman–Crippen LogP) is 3.51. The topological polar surface area (TPSA) is 37.4 Å². The fourth-order valence-corrected chi connectivity index (χ4v) is 9.32. The van der Waals surface area contributed by atoms with E-state index in [1.807, 2.05) is 4.31 Å². The second-order valence-corrected chi connectivity index (χ2v) is 10.6. The summed E-state index contributed by atoms with van der Waals surface area (Å²) in [6.45, 7) is 4.65. The number of nitrogens with zero attached hydrogens (tertiary/aromatic N) is 1. The molecule has 4 atom stereocenters. The van der Waals surface area contributed by atoms with Gasteiger partial charge in [-0.05, 0) is 54.6 Å². The lowest BCUT2D eigenvalue weighted by Crippen LogP contribution is -2.42. The van der Waals surface area contributed by atoms with Gasteiger partial charge in [0.15, 0.2) is 0 Å². The lowest BCUT2D eigenvalue weighted by Gasteiger charge is -2.38. The fraction of sp³-hybridized carbons (Fsp3) is 0.684. The van der Waals surface area contributed by atoms with Crippen LogP contribution in [0.4, 0.5) is 0 Å². The average molecular weight is 331 g/mol. The van der Waals surface area contributed by atoms with Gasteiger partial charge in [-0.3, -0.25) is 0 Å². The van der Waals surface area contributed by atoms with Gasteiger partial charge >= 0.3 is 0 Å². The van der Waals surface area contributed by atoms with Crippen LogP contribution >= 0.6 is 0 Å². The highest BCUT2D eigenvalue weighted by atomic mass is 32.2. The van der Waals surface area contributed by atoms with Gasteiger partial charge in [0.05, 0.1) is 11.8 Å². The van der Waals surface area contributed by atoms with E-state index >= 15 is 0 Å². The Hall–Kier alpha value is -0.870. The molecule has 2 bridgehead atoms. The third-order valence-electron chi connectivity index (χ3n) is 7.87. The molecule has 0 unspecified atom stereocenters. The summed E-state index contributed by atoms with van der Waals surface area (Å²) in [5.74, 6) is 1.08. The van der Waals surface area contributed by atoms with E-state index in [1.165, 1.54) is 17.5 Å². The molecule has 5 rings (SSSR count). The third kappa shape index (κ3) is 1.57. The Bertz CT molecular complexity index is 784. The first-order chi connectivity index (χ1) is 10.9. The van der Waals surface area contributed by atoms with Gasteiger partial charge in [-0.2, -0.15) is 4.31 Å². The van der Waals surface area contributed by atoms with Crippen LogP contribution in [0.3, 0.4) is 0 Å². The number of hydrogen-bond donors (Lipinski definition) is 0. The molecule has 0 radical (unpaired) electrons. The molecular weight excluding hydrogens is 306 g/mol. The van der Waals surface area contributed by atoms with E-state index in [0.717, 1.165) is 25.7 Å². The predicted molar refractivity (Wildman–Crippen MR) is 90.5 cm³/mol. The van der Waals surface area contributed by atoms with Crippen molar-refractivity contribution in [3.63, 3.8) is 0 Å². The summed E-state index contributed by atoms with van der Waals surface area (Å²) in [5, 5.41) is 0. The van der Waals surface area contributed by atoms with E-state index in [2.05, 4.69) is 38.1 Å². The standard InChI is InChI=1S/C19H25NO2S/c1-18(2)14-9-10-19(18)12-23(21,22)20(17(19)11-14)16-8-7-13-5-3-4-6-15(13)16/h3-6,14,16-17H,7-12H2,1-2H3/t14-,16-,17-,19-/m0/s1. The average Bonchev–Trinajstić information content (AvgIpc) is 3.13. The van der Waals surface area contributed by atoms with Crippen molar-refractivity contribution >= 4 is 10.0 Å². The second-order valence-electron chi connectivity index (χ2n) is 8.70. The van der Waals surface area contributed by atoms with Gasteiger partial charge in [-0.25, -0.2) is 8.42 Å². The Balaban J connectivity index is 1.63. The maximum absolute atomic E-state index is 13.2. The molecule has 2 saturated carbocycles. The molecule has 3 aliphatic carbocycles. The van der Waals surface area contributed by atoms with Crippen LogP contribution in [0, 0.1) is 16.7 Å². The summed E-state index contributed by atoms with van der Waals surface area (Å²) >= 11 is 0. The van der Waals surface area contributed by atoms with Crippen LogP contribution in [0.25, 0.3) is 0 Å². The molecule has 1 aromatic carbocycles. The van der Waals surface area contributed by atoms with Crippen LogP contribution in [0.5, 0.6) is 0 Å². The van der Waals surface area contributed by atoms with Crippen molar-refractivity contribution in [1.82, 2.24) is 4.31 Å². The minimum atomic E-state index is -3.15. The number of benzene rings is 1. The van der Waals surface area contributed by atoms with Gasteiger partial charge in [0, 0.05) is 11.5 Å². The molecule has 1 aromatic rings. The zero-order chi connectivity index (χ0) is 16.0. The van der Waals surface area contributed by atoms with Crippen molar-refractivity contribution in [1.29, 1.82) is 0 Å². The molecule has 1 saturated heterocycles. The highest BCUT2D eigenvalue weighted by Crippen LogP contribution is 2.71. The molecule has 1 aliphatic heterocycles. The largest absolute Gasteiger partial charge is 0.215 e. The highest BCUT2D eigenvalue weighted by Gasteiger charge is 2.72. The van der Waals surface area contributed by atoms with Crippen LogP contribution < -0.4 is 0 Å². The van der Waals surface area contributed by atoms with E-state index in [9.17, 15) is 8.42 Å². The van der Waals surface area contributed by atoms with Gasteiger partial charge in [-0.1, -0.05) is 38.1 Å². The molecule has 23 heavy (non-hydrogen) atoms. The van der Waals surface area contributed by atoms with Gasteiger partial charge in [-0.15, -0.1) is 0 Å². The summed E-state index contributed by atoms with van der Waals surface area (Å²) in [7, 11) is -3.15. The van der Waals surface area contributed by atoms with Crippen LogP contribution in [-0.2, 0) is 16.4 Å². The summed E-state index contributed by atoms with van der Waals surface area (Å²) in [6, 6.07) is 8.75. The zero-order valence-electron chi connectivity index (χ0n) is 14.0. The number of sulfonamides is 1. The van der Waals surface area contributed by atoms with Crippen LogP contribution in [0.15, 0.2) is 24.3 Å². The molecule has 1 spiro atoms. The lowest BCUT2D eigenvalue weighted by molar-refractivity contribution is 0.0990. The van der Waals surface area contributed by atoms with Crippen LogP contribution in [-0.4, -0.2) is 24.5 Å². The normalized spacial score (nSPS) is 42.8. The van der Waals surface area contributed by atoms with Crippen molar-refractivity contribution < 1.29 is 8.42 Å². The molecule has 3 fully saturated rings. The van der Waals surface area contributed by atoms with Crippen molar-refractivity contribution in [2.75, 3.05) is 5.75 Å². The second kappa shape index (κ2) is 4.20. The molecule has 4 aliphatic rings. The first-order valence-corrected chi connectivity index (χ1v) is 10.6. The van der Waals surface area contributed by atoms with E-state index in [0.29, 0.717) is 11.7 Å². The number of fused-ring (bicyclic) bond motifs is 2. The van der Waals surface area contributed by atoms with Gasteiger partial charge in [0.1, 0.15) is 0 Å². The Morgan fingerprint density at radius 3 is 2.74 bits per heavy atom. The number of hydrogen-bond acceptors (Lipinski definition) is 2. The summed E-state index contributed by atoms with van der Waals surface area (Å²) < 4.78 is 28.3. The molecule has 124 valence electrons. The smallest absolute Gasteiger partial charge is 0.212 e. The van der Waals surface area contributed by atoms with Gasteiger partial charge in [0.2, 0.25) is 10.0 Å². The molecule has 0 N–H and O–H groups in total. The Labute approximate surface area is 139 Å². The quantitative estimate of drug-likeness (QED) is 0.789. The summed E-state index contributed by atoms with van der Waals surface area (Å²) in [6.07, 6.45) is 5.36. The van der Waals surface area contributed by atoms with Crippen molar-refractivity contribution in [3.05, 3.63) is 35.4 Å². The van der Waals surface area contributed by atoms with Crippen molar-refractivity contribution in [2.45, 2.75) is 58.0 Å². The van der Waals surface area contributed by atoms with E-state index in [-0.39, 0.29) is 22.9 Å². The van der Waals surface area contributed by atoms with Crippen molar-refractivity contribution in [3.8, 4) is 0 Å². The van der Waals surface area contributed by atoms with Crippen LogP contribution in [0.1, 0.15) is 56.7 Å². The summed E-state index contributed by atoms with van der Waals surface area (Å²) in [4.78, 5) is 0. The first kappa shape index (κ1) is 14.5. The number of aryl methyl sites for hydroxylation is 1. The minimum Gasteiger partial charge on any atom is -0.212 e. The number of rotatable bonds is 1. The first-order valence-electron chi connectivity index (χ1n) is 8.96. The molecular formula is C19H25NO2S. The van der Waals surface area contributed by atoms with Gasteiger partial charge in [0.25, 0.3) is 0 Å². The molecule has 3 nitrogen and oxygen atoms in total. The fourth-order valence-electron chi connectivity index (χ4n) is 6.53. The van der Waals surface area contributed by atoms with E-state index in [4.69, 9.17) is 0 Å².